The Balaban J connectivity index is 0.000000234. The third kappa shape index (κ3) is 5.49. The molecule has 4 aromatic rings. The maximum Gasteiger partial charge on any atom is 0.0659 e. The van der Waals surface area contributed by atoms with Crippen LogP contribution in [0.25, 0.3) is 46.4 Å². The summed E-state index contributed by atoms with van der Waals surface area (Å²) >= 11 is 0. The van der Waals surface area contributed by atoms with E-state index in [1.165, 1.54) is 16.7 Å². The van der Waals surface area contributed by atoms with Gasteiger partial charge in [0.25, 0.3) is 0 Å². The van der Waals surface area contributed by atoms with Crippen molar-refractivity contribution < 1.29 is 19.5 Å². The molecule has 8 bridgehead atoms. The molecular formula is C29H25N4Zn-. The fourth-order valence-corrected chi connectivity index (χ4v) is 3.76. The number of hydrogen-bond acceptors (Lipinski definition) is 2. The SMILES string of the molecule is C1=Cc2cc3ccc(cc4ccc(cc5nc(cc1n2)C=C5)[nH]4)[nH]3.Cc1[c-]ccc(C)c1C.[Zn]. The molecule has 2 aliphatic heterocycles. The standard InChI is InChI=1S/C20H14N4.C9H11.Zn/c1-2-14-10-16-5-6-18(23-16)12-20-8-7-19(24-20)11-17-4-3-15(22-17)9-13(1)21-14;1-7-5-4-6-8(2)9(7)3;/h1-12,21-22H;4-5H,1-3H3;/q;-1;. The second kappa shape index (κ2) is 10.2. The summed E-state index contributed by atoms with van der Waals surface area (Å²) in [6.45, 7) is 6.33. The van der Waals surface area contributed by atoms with Gasteiger partial charge < -0.3 is 9.97 Å². The van der Waals surface area contributed by atoms with E-state index in [0.717, 1.165) is 44.8 Å². The minimum absolute atomic E-state index is 0. The van der Waals surface area contributed by atoms with E-state index in [9.17, 15) is 0 Å². The van der Waals surface area contributed by atoms with E-state index in [-0.39, 0.29) is 19.5 Å². The zero-order valence-corrected chi connectivity index (χ0v) is 22.7. The molecule has 0 amide bonds. The van der Waals surface area contributed by atoms with Crippen LogP contribution in [-0.4, -0.2) is 19.9 Å². The van der Waals surface area contributed by atoms with Gasteiger partial charge in [-0.15, -0.1) is 0 Å². The van der Waals surface area contributed by atoms with Crippen LogP contribution in [0.2, 0.25) is 0 Å². The Morgan fingerprint density at radius 3 is 1.47 bits per heavy atom. The molecule has 0 spiro atoms. The monoisotopic (exact) mass is 493 g/mol. The fourth-order valence-electron chi connectivity index (χ4n) is 3.76. The normalized spacial score (nSPS) is 11.5. The van der Waals surface area contributed by atoms with Crippen LogP contribution in [0.1, 0.15) is 39.5 Å². The van der Waals surface area contributed by atoms with Gasteiger partial charge in [-0.1, -0.05) is 20.8 Å². The van der Waals surface area contributed by atoms with Gasteiger partial charge in [0.15, 0.2) is 0 Å². The van der Waals surface area contributed by atoms with Crippen LogP contribution in [0.4, 0.5) is 0 Å². The summed E-state index contributed by atoms with van der Waals surface area (Å²) in [7, 11) is 0. The van der Waals surface area contributed by atoms with Crippen LogP contribution in [0.5, 0.6) is 0 Å². The van der Waals surface area contributed by atoms with Gasteiger partial charge in [0, 0.05) is 41.5 Å². The summed E-state index contributed by atoms with van der Waals surface area (Å²) in [6, 6.07) is 23.6. The van der Waals surface area contributed by atoms with Crippen molar-refractivity contribution in [2.45, 2.75) is 20.8 Å². The van der Waals surface area contributed by atoms with Crippen molar-refractivity contribution in [3.63, 3.8) is 0 Å². The van der Waals surface area contributed by atoms with Crippen molar-refractivity contribution in [1.82, 2.24) is 19.9 Å². The minimum atomic E-state index is 0. The van der Waals surface area contributed by atoms with Gasteiger partial charge in [-0.05, 0) is 72.8 Å². The number of nitrogens with zero attached hydrogens (tertiary/aromatic N) is 2. The molecule has 1 aromatic carbocycles. The molecule has 2 N–H and O–H groups in total. The summed E-state index contributed by atoms with van der Waals surface area (Å²) < 4.78 is 0. The zero-order valence-electron chi connectivity index (χ0n) is 19.7. The molecule has 0 atom stereocenters. The Labute approximate surface area is 212 Å². The molecule has 0 unspecified atom stereocenters. The van der Waals surface area contributed by atoms with Gasteiger partial charge in [0.1, 0.15) is 0 Å². The smallest absolute Gasteiger partial charge is 0.0659 e. The van der Waals surface area contributed by atoms with Gasteiger partial charge in [0.05, 0.1) is 22.8 Å². The summed E-state index contributed by atoms with van der Waals surface area (Å²) in [5, 5.41) is 0. The Kier molecular flexibility index (Phi) is 7.04. The van der Waals surface area contributed by atoms with E-state index in [2.05, 4.69) is 83.2 Å². The second-order valence-corrected chi connectivity index (χ2v) is 8.32. The molecule has 5 heteroatoms. The Hall–Kier alpha value is -3.56. The summed E-state index contributed by atoms with van der Waals surface area (Å²) in [5.41, 5.74) is 11.8. The van der Waals surface area contributed by atoms with E-state index in [1.807, 2.05) is 48.6 Å². The van der Waals surface area contributed by atoms with Crippen molar-refractivity contribution in [2.75, 3.05) is 0 Å². The first kappa shape index (κ1) is 23.6. The fraction of sp³-hybridized carbons (Fsp3) is 0.103. The average Bonchev–Trinajstić information content (AvgIpc) is 3.58. The minimum Gasteiger partial charge on any atom is -0.355 e. The quantitative estimate of drug-likeness (QED) is 0.175. The number of aromatic amines is 2. The Morgan fingerprint density at radius 2 is 1.03 bits per heavy atom. The molecule has 2 aliphatic rings. The molecule has 0 fully saturated rings. The maximum absolute atomic E-state index is 4.62. The predicted molar refractivity (Wildman–Crippen MR) is 138 cm³/mol. The van der Waals surface area contributed by atoms with E-state index >= 15 is 0 Å². The van der Waals surface area contributed by atoms with Crippen molar-refractivity contribution in [2.24, 2.45) is 0 Å². The van der Waals surface area contributed by atoms with Crippen LogP contribution in [0.15, 0.2) is 60.7 Å². The largest absolute Gasteiger partial charge is 0.355 e. The predicted octanol–water partition coefficient (Wildman–Crippen LogP) is 7.07. The van der Waals surface area contributed by atoms with Crippen molar-refractivity contribution in [1.29, 1.82) is 0 Å². The molecule has 6 rings (SSSR count). The van der Waals surface area contributed by atoms with Crippen LogP contribution < -0.4 is 0 Å². The Morgan fingerprint density at radius 1 is 0.588 bits per heavy atom. The molecule has 164 valence electrons. The van der Waals surface area contributed by atoms with E-state index in [0.29, 0.717) is 0 Å². The van der Waals surface area contributed by atoms with Crippen LogP contribution in [0.3, 0.4) is 0 Å². The van der Waals surface area contributed by atoms with Crippen LogP contribution in [0, 0.1) is 26.8 Å². The molecule has 34 heavy (non-hydrogen) atoms. The molecule has 0 saturated carbocycles. The Bertz CT molecular complexity index is 1440. The van der Waals surface area contributed by atoms with E-state index in [1.54, 1.807) is 0 Å². The molecule has 0 aliphatic carbocycles. The average molecular weight is 495 g/mol. The number of aromatic nitrogens is 4. The number of nitrogens with one attached hydrogen (secondary N) is 2. The van der Waals surface area contributed by atoms with E-state index in [4.69, 9.17) is 0 Å². The van der Waals surface area contributed by atoms with Crippen molar-refractivity contribution in [3.8, 4) is 0 Å². The van der Waals surface area contributed by atoms with Gasteiger partial charge >= 0.3 is 0 Å². The van der Waals surface area contributed by atoms with Gasteiger partial charge in [-0.2, -0.15) is 34.9 Å². The van der Waals surface area contributed by atoms with Gasteiger partial charge in [-0.3, -0.25) is 0 Å². The van der Waals surface area contributed by atoms with Crippen LogP contribution >= 0.6 is 0 Å². The molecule has 0 radical (unpaired) electrons. The number of benzene rings is 1. The number of hydrogen-bond donors (Lipinski definition) is 2. The summed E-state index contributed by atoms with van der Waals surface area (Å²) in [6.07, 6.45) is 8.05. The third-order valence-corrected chi connectivity index (χ3v) is 5.83. The zero-order chi connectivity index (χ0) is 22.8. The molecular weight excluding hydrogens is 470 g/mol. The molecule has 3 aromatic heterocycles. The van der Waals surface area contributed by atoms with Crippen LogP contribution in [-0.2, 0) is 19.5 Å². The number of rotatable bonds is 0. The second-order valence-electron chi connectivity index (χ2n) is 8.32. The number of aryl methyl sites for hydroxylation is 2. The maximum atomic E-state index is 4.62. The van der Waals surface area contributed by atoms with Crippen molar-refractivity contribution in [3.05, 3.63) is 106 Å². The van der Waals surface area contributed by atoms with Gasteiger partial charge in [-0.25, -0.2) is 9.97 Å². The van der Waals surface area contributed by atoms with E-state index < -0.39 is 0 Å². The van der Waals surface area contributed by atoms with Gasteiger partial charge in [0.2, 0.25) is 0 Å². The molecule has 0 saturated heterocycles. The number of fused-ring (bicyclic) bond motifs is 8. The molecule has 4 nitrogen and oxygen atoms in total. The summed E-state index contributed by atoms with van der Waals surface area (Å²) in [4.78, 5) is 16.0. The first-order valence-corrected chi connectivity index (χ1v) is 11.0. The number of H-pyrrole nitrogens is 2. The topological polar surface area (TPSA) is 57.4 Å². The summed E-state index contributed by atoms with van der Waals surface area (Å²) in [5.74, 6) is 0. The first-order valence-electron chi connectivity index (χ1n) is 11.0. The van der Waals surface area contributed by atoms with Crippen molar-refractivity contribution >= 4 is 46.4 Å². The molecule has 5 heterocycles. The first-order chi connectivity index (χ1) is 16.0. The third-order valence-electron chi connectivity index (χ3n) is 5.83.